The molecule has 0 fully saturated rings. The molecule has 0 aliphatic carbocycles. The van der Waals surface area contributed by atoms with Crippen LogP contribution < -0.4 is 16.4 Å². The highest BCUT2D eigenvalue weighted by Crippen LogP contribution is 2.04. The molecule has 0 heterocycles. The zero-order chi connectivity index (χ0) is 15.7. The lowest BCUT2D eigenvalue weighted by Crippen LogP contribution is -2.44. The number of aliphatic hydroxyl groups excluding tert-OH is 1. The van der Waals surface area contributed by atoms with Crippen molar-refractivity contribution in [1.82, 2.24) is 10.6 Å². The van der Waals surface area contributed by atoms with Gasteiger partial charge in [0.1, 0.15) is 0 Å². The van der Waals surface area contributed by atoms with Crippen LogP contribution in [0.4, 0.5) is 5.69 Å². The highest BCUT2D eigenvalue weighted by molar-refractivity contribution is 5.96. The molecule has 0 saturated carbocycles. The van der Waals surface area contributed by atoms with Crippen molar-refractivity contribution in [2.24, 2.45) is 0 Å². The molecule has 0 bridgehead atoms. The van der Waals surface area contributed by atoms with E-state index in [2.05, 4.69) is 10.6 Å². The Morgan fingerprint density at radius 1 is 1.33 bits per heavy atom. The Balaban J connectivity index is 2.41. The van der Waals surface area contributed by atoms with Crippen molar-refractivity contribution in [3.05, 3.63) is 29.8 Å². The first kappa shape index (κ1) is 16.9. The number of hydrogen-bond donors (Lipinski definition) is 4. The van der Waals surface area contributed by atoms with Crippen LogP contribution in [0.1, 0.15) is 16.8 Å². The maximum atomic E-state index is 11.8. The Bertz CT molecular complexity index is 456. The Hall–Kier alpha value is -2.12. The topological polar surface area (TPSA) is 114 Å². The third-order valence-electron chi connectivity index (χ3n) is 2.79. The van der Waals surface area contributed by atoms with Gasteiger partial charge in [-0.3, -0.25) is 9.59 Å². The van der Waals surface area contributed by atoms with Gasteiger partial charge in [-0.2, -0.15) is 0 Å². The van der Waals surface area contributed by atoms with Crippen molar-refractivity contribution in [3.63, 3.8) is 0 Å². The van der Waals surface area contributed by atoms with Gasteiger partial charge in [-0.15, -0.1) is 0 Å². The van der Waals surface area contributed by atoms with Crippen LogP contribution in [0, 0.1) is 0 Å². The zero-order valence-corrected chi connectivity index (χ0v) is 12.0. The number of rotatable bonds is 8. The summed E-state index contributed by atoms with van der Waals surface area (Å²) in [5.74, 6) is -0.690. The predicted octanol–water partition coefficient (Wildman–Crippen LogP) is -0.488. The fraction of sp³-hybridized carbons (Fsp3) is 0.429. The Kier molecular flexibility index (Phi) is 7.20. The smallest absolute Gasteiger partial charge is 0.251 e. The second-order valence-electron chi connectivity index (χ2n) is 4.54. The average Bonchev–Trinajstić information content (AvgIpc) is 2.46. The van der Waals surface area contributed by atoms with Gasteiger partial charge in [-0.25, -0.2) is 0 Å². The van der Waals surface area contributed by atoms with Gasteiger partial charge in [-0.05, 0) is 30.7 Å². The maximum Gasteiger partial charge on any atom is 0.251 e. The van der Waals surface area contributed by atoms with E-state index in [-0.39, 0.29) is 31.0 Å². The van der Waals surface area contributed by atoms with Gasteiger partial charge in [0.2, 0.25) is 5.91 Å². The highest BCUT2D eigenvalue weighted by Gasteiger charge is 2.13. The summed E-state index contributed by atoms with van der Waals surface area (Å²) in [7, 11) is 1.51. The summed E-state index contributed by atoms with van der Waals surface area (Å²) in [4.78, 5) is 23.5. The summed E-state index contributed by atoms with van der Waals surface area (Å²) >= 11 is 0. The van der Waals surface area contributed by atoms with Crippen molar-refractivity contribution >= 4 is 17.5 Å². The number of nitrogen functional groups attached to an aromatic ring is 1. The van der Waals surface area contributed by atoms with Crippen molar-refractivity contribution in [1.29, 1.82) is 0 Å². The number of nitrogens with one attached hydrogen (secondary N) is 2. The van der Waals surface area contributed by atoms with Crippen molar-refractivity contribution in [2.45, 2.75) is 12.5 Å². The number of methoxy groups -OCH3 is 1. The van der Waals surface area contributed by atoms with Gasteiger partial charge in [-0.1, -0.05) is 0 Å². The summed E-state index contributed by atoms with van der Waals surface area (Å²) < 4.78 is 4.94. The first-order valence-electron chi connectivity index (χ1n) is 6.59. The molecule has 1 rings (SSSR count). The van der Waals surface area contributed by atoms with Gasteiger partial charge in [0.15, 0.2) is 0 Å². The number of carbonyl (C=O) groups is 2. The van der Waals surface area contributed by atoms with Crippen LogP contribution in [0.5, 0.6) is 0 Å². The Morgan fingerprint density at radius 2 is 2.00 bits per heavy atom. The van der Waals surface area contributed by atoms with E-state index in [0.717, 1.165) is 0 Å². The maximum absolute atomic E-state index is 11.8. The second-order valence-corrected chi connectivity index (χ2v) is 4.54. The van der Waals surface area contributed by atoms with Gasteiger partial charge in [0, 0.05) is 25.0 Å². The molecule has 21 heavy (non-hydrogen) atoms. The number of hydrogen-bond acceptors (Lipinski definition) is 5. The summed E-state index contributed by atoms with van der Waals surface area (Å²) in [6, 6.07) is 6.13. The monoisotopic (exact) mass is 295 g/mol. The van der Waals surface area contributed by atoms with Crippen LogP contribution in [0.15, 0.2) is 24.3 Å². The molecular weight excluding hydrogens is 274 g/mol. The first-order chi connectivity index (χ1) is 10.1. The van der Waals surface area contributed by atoms with Crippen molar-refractivity contribution in [2.75, 3.05) is 32.6 Å². The molecule has 1 unspecified atom stereocenters. The molecule has 0 saturated heterocycles. The molecule has 1 aromatic rings. The summed E-state index contributed by atoms with van der Waals surface area (Å²) in [6.07, 6.45) is 0.394. The number of ether oxygens (including phenoxy) is 1. The molecule has 0 radical (unpaired) electrons. The number of anilines is 1. The summed E-state index contributed by atoms with van der Waals surface area (Å²) in [5.41, 5.74) is 6.53. The summed E-state index contributed by atoms with van der Waals surface area (Å²) in [6.45, 7) is 0.110. The third-order valence-corrected chi connectivity index (χ3v) is 2.79. The van der Waals surface area contributed by atoms with Gasteiger partial charge < -0.3 is 26.2 Å². The molecular formula is C14H21N3O4. The Morgan fingerprint density at radius 3 is 2.57 bits per heavy atom. The lowest BCUT2D eigenvalue weighted by atomic mass is 10.2. The molecule has 0 aromatic heterocycles. The minimum absolute atomic E-state index is 0.0495. The van der Waals surface area contributed by atoms with E-state index < -0.39 is 0 Å². The SMILES string of the molecule is COCC(CCO)NC(=O)CNC(=O)c1ccc(N)cc1. The number of amides is 2. The zero-order valence-electron chi connectivity index (χ0n) is 12.0. The number of carbonyl (C=O) groups excluding carboxylic acids is 2. The number of nitrogens with two attached hydrogens (primary N) is 1. The molecule has 0 spiro atoms. The molecule has 7 nitrogen and oxygen atoms in total. The fourth-order valence-electron chi connectivity index (χ4n) is 1.73. The van der Waals surface area contributed by atoms with E-state index >= 15 is 0 Å². The molecule has 1 aromatic carbocycles. The third kappa shape index (κ3) is 6.24. The normalized spacial score (nSPS) is 11.7. The van der Waals surface area contributed by atoms with Gasteiger partial charge >= 0.3 is 0 Å². The highest BCUT2D eigenvalue weighted by atomic mass is 16.5. The van der Waals surface area contributed by atoms with Gasteiger partial charge in [0.25, 0.3) is 5.91 Å². The lowest BCUT2D eigenvalue weighted by molar-refractivity contribution is -0.121. The minimum atomic E-state index is -0.351. The second kappa shape index (κ2) is 8.93. The van der Waals surface area contributed by atoms with Crippen molar-refractivity contribution < 1.29 is 19.4 Å². The number of aliphatic hydroxyl groups is 1. The van der Waals surface area contributed by atoms with E-state index in [1.165, 1.54) is 7.11 Å². The molecule has 1 atom stereocenters. The lowest BCUT2D eigenvalue weighted by Gasteiger charge is -2.17. The summed E-state index contributed by atoms with van der Waals surface area (Å²) in [5, 5.41) is 14.1. The largest absolute Gasteiger partial charge is 0.399 e. The first-order valence-corrected chi connectivity index (χ1v) is 6.59. The molecule has 0 aliphatic heterocycles. The molecule has 7 heteroatoms. The number of benzene rings is 1. The van der Waals surface area contributed by atoms with Crippen LogP contribution in [0.3, 0.4) is 0 Å². The van der Waals surface area contributed by atoms with Crippen LogP contribution in [0.2, 0.25) is 0 Å². The fourth-order valence-corrected chi connectivity index (χ4v) is 1.73. The molecule has 2 amide bonds. The van der Waals surface area contributed by atoms with E-state index in [1.807, 2.05) is 0 Å². The average molecular weight is 295 g/mol. The standard InChI is InChI=1S/C14H21N3O4/c1-21-9-12(6-7-18)17-13(19)8-16-14(20)10-2-4-11(15)5-3-10/h2-5,12,18H,6-9,15H2,1H3,(H,16,20)(H,17,19). The molecule has 0 aliphatic rings. The van der Waals surface area contributed by atoms with Crippen molar-refractivity contribution in [3.8, 4) is 0 Å². The molecule has 116 valence electrons. The van der Waals surface area contributed by atoms with Crippen LogP contribution in [0.25, 0.3) is 0 Å². The Labute approximate surface area is 123 Å². The van der Waals surface area contributed by atoms with Crippen LogP contribution in [-0.4, -0.2) is 49.8 Å². The van der Waals surface area contributed by atoms with Crippen LogP contribution >= 0.6 is 0 Å². The molecule has 5 N–H and O–H groups in total. The van der Waals surface area contributed by atoms with E-state index in [9.17, 15) is 9.59 Å². The van der Waals surface area contributed by atoms with E-state index in [4.69, 9.17) is 15.6 Å². The van der Waals surface area contributed by atoms with Crippen LogP contribution in [-0.2, 0) is 9.53 Å². The van der Waals surface area contributed by atoms with E-state index in [1.54, 1.807) is 24.3 Å². The van der Waals surface area contributed by atoms with Gasteiger partial charge in [0.05, 0.1) is 19.2 Å². The predicted molar refractivity (Wildman–Crippen MR) is 78.7 cm³/mol. The van der Waals surface area contributed by atoms with E-state index in [0.29, 0.717) is 24.3 Å². The minimum Gasteiger partial charge on any atom is -0.399 e. The quantitative estimate of drug-likeness (QED) is 0.483.